The van der Waals surface area contributed by atoms with Gasteiger partial charge in [-0.2, -0.15) is 0 Å². The zero-order valence-electron chi connectivity index (χ0n) is 10.5. The molecule has 0 spiro atoms. The lowest BCUT2D eigenvalue weighted by Gasteiger charge is -2.22. The highest BCUT2D eigenvalue weighted by molar-refractivity contribution is 6.02. The van der Waals surface area contributed by atoms with Crippen LogP contribution >= 0.6 is 0 Å². The van der Waals surface area contributed by atoms with Crippen molar-refractivity contribution in [3.8, 4) is 5.75 Å². The Morgan fingerprint density at radius 3 is 2.88 bits per heavy atom. The molecule has 0 fully saturated rings. The Labute approximate surface area is 102 Å². The molecule has 1 aromatic rings. The molecule has 0 unspecified atom stereocenters. The summed E-state index contributed by atoms with van der Waals surface area (Å²) in [7, 11) is 0. The molecule has 1 aromatic carbocycles. The van der Waals surface area contributed by atoms with Gasteiger partial charge >= 0.3 is 0 Å². The largest absolute Gasteiger partial charge is 0.489 e. The van der Waals surface area contributed by atoms with Gasteiger partial charge in [-0.05, 0) is 25.0 Å². The van der Waals surface area contributed by atoms with Crippen LogP contribution in [0.15, 0.2) is 18.2 Å². The topological polar surface area (TPSA) is 38.3 Å². The van der Waals surface area contributed by atoms with Crippen LogP contribution in [0.5, 0.6) is 5.75 Å². The van der Waals surface area contributed by atoms with Crippen molar-refractivity contribution in [2.75, 3.05) is 18.5 Å². The molecule has 3 nitrogen and oxygen atoms in total. The minimum absolute atomic E-state index is 0.104. The molecule has 0 amide bonds. The van der Waals surface area contributed by atoms with Crippen molar-refractivity contribution in [1.29, 1.82) is 0 Å². The summed E-state index contributed by atoms with van der Waals surface area (Å²) >= 11 is 0. The third kappa shape index (κ3) is 2.28. The maximum atomic E-state index is 12.4. The number of ketones is 1. The van der Waals surface area contributed by atoms with Crippen LogP contribution in [0.4, 0.5) is 5.69 Å². The fourth-order valence-electron chi connectivity index (χ4n) is 2.24. The number of hydrogen-bond donors (Lipinski definition) is 1. The number of rotatable bonds is 4. The summed E-state index contributed by atoms with van der Waals surface area (Å²) in [4.78, 5) is 12.4. The summed E-state index contributed by atoms with van der Waals surface area (Å²) in [6, 6.07) is 5.74. The minimum atomic E-state index is 0.104. The third-order valence-electron chi connectivity index (χ3n) is 3.30. The number of Topliss-reactive ketones (excluding diaryl/α,β-unsaturated/α-hetero) is 1. The molecule has 0 atom stereocenters. The number of carbonyl (C=O) groups is 1. The smallest absolute Gasteiger partial charge is 0.169 e. The summed E-state index contributed by atoms with van der Waals surface area (Å²) < 4.78 is 5.63. The number of hydrogen-bond acceptors (Lipinski definition) is 3. The van der Waals surface area contributed by atoms with Gasteiger partial charge in [0.2, 0.25) is 0 Å². The average Bonchev–Trinajstić information content (AvgIpc) is 2.39. The second-order valence-corrected chi connectivity index (χ2v) is 4.34. The van der Waals surface area contributed by atoms with E-state index in [1.807, 2.05) is 18.2 Å². The first-order valence-corrected chi connectivity index (χ1v) is 6.31. The quantitative estimate of drug-likeness (QED) is 0.812. The van der Waals surface area contributed by atoms with Gasteiger partial charge in [-0.1, -0.05) is 19.9 Å². The van der Waals surface area contributed by atoms with Crippen LogP contribution in [-0.2, 0) is 0 Å². The van der Waals surface area contributed by atoms with E-state index in [1.54, 1.807) is 0 Å². The van der Waals surface area contributed by atoms with Crippen LogP contribution in [0.1, 0.15) is 37.0 Å². The first-order valence-electron chi connectivity index (χ1n) is 6.31. The summed E-state index contributed by atoms with van der Waals surface area (Å²) in [5, 5.41) is 3.26. The van der Waals surface area contributed by atoms with E-state index in [2.05, 4.69) is 19.2 Å². The number of benzene rings is 1. The highest BCUT2D eigenvalue weighted by atomic mass is 16.5. The molecule has 3 heteroatoms. The SMILES string of the molecule is CCC(CC)C(=O)c1cccc2c1OCCN2. The van der Waals surface area contributed by atoms with Crippen LogP contribution in [-0.4, -0.2) is 18.9 Å². The van der Waals surface area contributed by atoms with Crippen molar-refractivity contribution in [1.82, 2.24) is 0 Å². The highest BCUT2D eigenvalue weighted by Crippen LogP contribution is 2.33. The molecular formula is C14H19NO2. The first kappa shape index (κ1) is 12.0. The van der Waals surface area contributed by atoms with E-state index in [0.29, 0.717) is 6.61 Å². The molecule has 1 N–H and O–H groups in total. The number of fused-ring (bicyclic) bond motifs is 1. The fraction of sp³-hybridized carbons (Fsp3) is 0.500. The second-order valence-electron chi connectivity index (χ2n) is 4.34. The van der Waals surface area contributed by atoms with Gasteiger partial charge in [-0.15, -0.1) is 0 Å². The van der Waals surface area contributed by atoms with E-state index < -0.39 is 0 Å². The molecule has 0 saturated heterocycles. The van der Waals surface area contributed by atoms with Gasteiger partial charge in [0.05, 0.1) is 11.3 Å². The van der Waals surface area contributed by atoms with Crippen molar-refractivity contribution < 1.29 is 9.53 Å². The molecule has 2 rings (SSSR count). The van der Waals surface area contributed by atoms with Gasteiger partial charge in [-0.3, -0.25) is 4.79 Å². The van der Waals surface area contributed by atoms with E-state index in [9.17, 15) is 4.79 Å². The molecule has 92 valence electrons. The van der Waals surface area contributed by atoms with E-state index in [0.717, 1.165) is 36.4 Å². The van der Waals surface area contributed by atoms with Crippen LogP contribution in [0.3, 0.4) is 0 Å². The van der Waals surface area contributed by atoms with Crippen molar-refractivity contribution in [3.63, 3.8) is 0 Å². The maximum Gasteiger partial charge on any atom is 0.169 e. The zero-order valence-corrected chi connectivity index (χ0v) is 10.5. The Bertz CT molecular complexity index is 411. The number of nitrogens with one attached hydrogen (secondary N) is 1. The van der Waals surface area contributed by atoms with Gasteiger partial charge in [0.25, 0.3) is 0 Å². The summed E-state index contributed by atoms with van der Waals surface area (Å²) in [5.74, 6) is 1.04. The normalized spacial score (nSPS) is 13.8. The summed E-state index contributed by atoms with van der Waals surface area (Å²) in [6.07, 6.45) is 1.76. The maximum absolute atomic E-state index is 12.4. The number of carbonyl (C=O) groups excluding carboxylic acids is 1. The van der Waals surface area contributed by atoms with Gasteiger partial charge in [0.15, 0.2) is 11.5 Å². The predicted molar refractivity (Wildman–Crippen MR) is 68.8 cm³/mol. The Kier molecular flexibility index (Phi) is 3.67. The summed E-state index contributed by atoms with van der Waals surface area (Å²) in [5.41, 5.74) is 1.66. The molecule has 0 bridgehead atoms. The molecule has 1 aliphatic heterocycles. The molecule has 17 heavy (non-hydrogen) atoms. The predicted octanol–water partition coefficient (Wildman–Crippen LogP) is 3.11. The van der Waals surface area contributed by atoms with Gasteiger partial charge in [0, 0.05) is 12.5 Å². The first-order chi connectivity index (χ1) is 8.27. The van der Waals surface area contributed by atoms with E-state index >= 15 is 0 Å². The van der Waals surface area contributed by atoms with Gasteiger partial charge in [-0.25, -0.2) is 0 Å². The molecule has 0 aromatic heterocycles. The number of para-hydroxylation sites is 1. The fourth-order valence-corrected chi connectivity index (χ4v) is 2.24. The molecular weight excluding hydrogens is 214 g/mol. The molecule has 1 aliphatic rings. The second kappa shape index (κ2) is 5.21. The summed E-state index contributed by atoms with van der Waals surface area (Å²) in [6.45, 7) is 5.54. The Balaban J connectivity index is 2.35. The molecule has 1 heterocycles. The van der Waals surface area contributed by atoms with Crippen LogP contribution in [0.2, 0.25) is 0 Å². The lowest BCUT2D eigenvalue weighted by molar-refractivity contribution is 0.0909. The third-order valence-corrected chi connectivity index (χ3v) is 3.30. The van der Waals surface area contributed by atoms with E-state index in [4.69, 9.17) is 4.74 Å². The van der Waals surface area contributed by atoms with E-state index in [-0.39, 0.29) is 11.7 Å². The standard InChI is InChI=1S/C14H19NO2/c1-3-10(4-2)13(16)11-6-5-7-12-14(11)17-9-8-15-12/h5-7,10,15H,3-4,8-9H2,1-2H3. The minimum Gasteiger partial charge on any atom is -0.489 e. The monoisotopic (exact) mass is 233 g/mol. The lowest BCUT2D eigenvalue weighted by atomic mass is 9.92. The zero-order chi connectivity index (χ0) is 12.3. The molecule has 0 aliphatic carbocycles. The van der Waals surface area contributed by atoms with E-state index in [1.165, 1.54) is 0 Å². The number of anilines is 1. The highest BCUT2D eigenvalue weighted by Gasteiger charge is 2.23. The van der Waals surface area contributed by atoms with Crippen LogP contribution in [0, 0.1) is 5.92 Å². The Morgan fingerprint density at radius 2 is 2.18 bits per heavy atom. The van der Waals surface area contributed by atoms with Crippen molar-refractivity contribution in [2.24, 2.45) is 5.92 Å². The van der Waals surface area contributed by atoms with Crippen molar-refractivity contribution in [2.45, 2.75) is 26.7 Å². The van der Waals surface area contributed by atoms with Gasteiger partial charge < -0.3 is 10.1 Å². The Hall–Kier alpha value is -1.51. The van der Waals surface area contributed by atoms with Crippen molar-refractivity contribution in [3.05, 3.63) is 23.8 Å². The number of ether oxygens (including phenoxy) is 1. The molecule has 0 radical (unpaired) electrons. The van der Waals surface area contributed by atoms with Crippen LogP contribution in [0.25, 0.3) is 0 Å². The van der Waals surface area contributed by atoms with Crippen molar-refractivity contribution >= 4 is 11.5 Å². The van der Waals surface area contributed by atoms with Crippen LogP contribution < -0.4 is 10.1 Å². The lowest BCUT2D eigenvalue weighted by Crippen LogP contribution is -2.22. The average molecular weight is 233 g/mol. The van der Waals surface area contributed by atoms with Gasteiger partial charge in [0.1, 0.15) is 6.61 Å². The molecule has 0 saturated carbocycles. The Morgan fingerprint density at radius 1 is 1.41 bits per heavy atom.